The number of thioether (sulfide) groups is 1. The van der Waals surface area contributed by atoms with Gasteiger partial charge in [0.15, 0.2) is 5.11 Å². The zero-order chi connectivity index (χ0) is 27.8. The van der Waals surface area contributed by atoms with Crippen LogP contribution in [0.5, 0.6) is 5.75 Å². The van der Waals surface area contributed by atoms with Gasteiger partial charge in [-0.25, -0.2) is 4.79 Å². The molecule has 7 nitrogen and oxygen atoms in total. The van der Waals surface area contributed by atoms with Crippen LogP contribution in [0.1, 0.15) is 53.9 Å². The molecule has 206 valence electrons. The van der Waals surface area contributed by atoms with Gasteiger partial charge in [-0.1, -0.05) is 25.1 Å². The number of para-hydroxylation sites is 2. The number of anilines is 3. The molecule has 1 heterocycles. The monoisotopic (exact) mass is 583 g/mol. The summed E-state index contributed by atoms with van der Waals surface area (Å²) in [4.78, 5) is 28.3. The van der Waals surface area contributed by atoms with E-state index in [-0.39, 0.29) is 17.1 Å². The summed E-state index contributed by atoms with van der Waals surface area (Å²) in [5, 5.41) is 10.1. The highest BCUT2D eigenvalue weighted by atomic mass is 32.2. The minimum absolute atomic E-state index is 0.127. The number of amides is 1. The lowest BCUT2D eigenvalue weighted by Crippen LogP contribution is -2.25. The Morgan fingerprint density at radius 2 is 1.85 bits per heavy atom. The number of thiophene rings is 1. The van der Waals surface area contributed by atoms with Gasteiger partial charge in [0.1, 0.15) is 10.8 Å². The Bertz CT molecular complexity index is 1340. The second-order valence-corrected chi connectivity index (χ2v) is 11.7. The average Bonchev–Trinajstić information content (AvgIpc) is 3.30. The first-order valence-electron chi connectivity index (χ1n) is 13.0. The third-order valence-electron chi connectivity index (χ3n) is 6.28. The summed E-state index contributed by atoms with van der Waals surface area (Å²) in [7, 11) is 1.61. The van der Waals surface area contributed by atoms with E-state index in [9.17, 15) is 9.59 Å². The van der Waals surface area contributed by atoms with Crippen molar-refractivity contribution >= 4 is 68.7 Å². The molecule has 39 heavy (non-hydrogen) atoms. The van der Waals surface area contributed by atoms with Gasteiger partial charge in [0.05, 0.1) is 30.2 Å². The Balaban J connectivity index is 1.44. The Kier molecular flexibility index (Phi) is 10.2. The number of hydrogen-bond donors (Lipinski definition) is 3. The van der Waals surface area contributed by atoms with Gasteiger partial charge in [-0.2, -0.15) is 0 Å². The fraction of sp³-hybridized carbons (Fsp3) is 0.345. The molecule has 3 aromatic rings. The number of carbonyl (C=O) groups excluding carboxylic acids is 2. The first kappa shape index (κ1) is 28.9. The van der Waals surface area contributed by atoms with Crippen LogP contribution in [0.25, 0.3) is 0 Å². The lowest BCUT2D eigenvalue weighted by atomic mass is 9.95. The molecule has 1 aliphatic rings. The standard InChI is InChI=1S/C29H33N3O4S3/c1-4-23(26(33)32-27-25(28(34)36-5-2)20-13-6-9-16-24(20)39-27)38-19-12-10-11-18(17-19)30-29(37)31-21-14-7-8-15-22(21)35-3/h7-8,10-12,14-15,17,23H,4-6,9,13,16H2,1-3H3,(H,32,33)(H2,30,31,37). The van der Waals surface area contributed by atoms with Gasteiger partial charge in [0, 0.05) is 15.5 Å². The molecule has 0 fully saturated rings. The van der Waals surface area contributed by atoms with Crippen molar-refractivity contribution in [2.24, 2.45) is 0 Å². The molecule has 10 heteroatoms. The van der Waals surface area contributed by atoms with Crippen molar-refractivity contribution in [3.05, 3.63) is 64.5 Å². The smallest absolute Gasteiger partial charge is 0.341 e. The summed E-state index contributed by atoms with van der Waals surface area (Å²) in [6.07, 6.45) is 4.54. The molecule has 1 atom stereocenters. The van der Waals surface area contributed by atoms with Crippen molar-refractivity contribution in [1.29, 1.82) is 0 Å². The predicted octanol–water partition coefficient (Wildman–Crippen LogP) is 7.13. The minimum Gasteiger partial charge on any atom is -0.495 e. The van der Waals surface area contributed by atoms with Crippen LogP contribution in [0, 0.1) is 0 Å². The van der Waals surface area contributed by atoms with Crippen LogP contribution in [-0.4, -0.2) is 36.0 Å². The number of thiocarbonyl (C=S) groups is 1. The predicted molar refractivity (Wildman–Crippen MR) is 165 cm³/mol. The van der Waals surface area contributed by atoms with Gasteiger partial charge in [-0.3, -0.25) is 4.79 Å². The summed E-state index contributed by atoms with van der Waals surface area (Å²) < 4.78 is 10.7. The summed E-state index contributed by atoms with van der Waals surface area (Å²) in [6.45, 7) is 4.08. The molecule has 1 aliphatic carbocycles. The number of benzene rings is 2. The Morgan fingerprint density at radius 1 is 1.05 bits per heavy atom. The number of esters is 1. The molecule has 1 amide bonds. The maximum atomic E-state index is 13.4. The highest BCUT2D eigenvalue weighted by molar-refractivity contribution is 8.00. The lowest BCUT2D eigenvalue weighted by Gasteiger charge is -2.16. The van der Waals surface area contributed by atoms with Crippen molar-refractivity contribution in [3.63, 3.8) is 0 Å². The number of methoxy groups -OCH3 is 1. The van der Waals surface area contributed by atoms with Crippen LogP contribution in [0.15, 0.2) is 53.4 Å². The molecule has 0 aliphatic heterocycles. The third-order valence-corrected chi connectivity index (χ3v) is 9.05. The van der Waals surface area contributed by atoms with Crippen LogP contribution in [0.2, 0.25) is 0 Å². The van der Waals surface area contributed by atoms with E-state index < -0.39 is 0 Å². The lowest BCUT2D eigenvalue weighted by molar-refractivity contribution is -0.115. The molecule has 0 spiro atoms. The van der Waals surface area contributed by atoms with Crippen LogP contribution in [0.3, 0.4) is 0 Å². The molecule has 0 bridgehead atoms. The van der Waals surface area contributed by atoms with E-state index in [0.717, 1.165) is 47.5 Å². The van der Waals surface area contributed by atoms with Crippen molar-refractivity contribution in [1.82, 2.24) is 0 Å². The van der Waals surface area contributed by atoms with Crippen molar-refractivity contribution in [2.45, 2.75) is 56.1 Å². The fourth-order valence-electron chi connectivity index (χ4n) is 4.43. The Labute approximate surface area is 243 Å². The molecular formula is C29H33N3O4S3. The van der Waals surface area contributed by atoms with Gasteiger partial charge in [0.25, 0.3) is 0 Å². The van der Waals surface area contributed by atoms with E-state index in [1.54, 1.807) is 14.0 Å². The number of rotatable bonds is 10. The fourth-order valence-corrected chi connectivity index (χ4v) is 6.95. The number of hydrogen-bond acceptors (Lipinski definition) is 7. The largest absolute Gasteiger partial charge is 0.495 e. The highest BCUT2D eigenvalue weighted by Crippen LogP contribution is 2.39. The van der Waals surface area contributed by atoms with E-state index in [1.165, 1.54) is 28.0 Å². The van der Waals surface area contributed by atoms with Gasteiger partial charge < -0.3 is 25.4 Å². The molecule has 1 unspecified atom stereocenters. The SMILES string of the molecule is CCOC(=O)c1c(NC(=O)C(CC)Sc2cccc(NC(=S)Nc3ccccc3OC)c2)sc2c1CCCC2. The Morgan fingerprint density at radius 3 is 2.62 bits per heavy atom. The second kappa shape index (κ2) is 13.8. The maximum absolute atomic E-state index is 13.4. The highest BCUT2D eigenvalue weighted by Gasteiger charge is 2.29. The summed E-state index contributed by atoms with van der Waals surface area (Å²) in [6, 6.07) is 15.3. The van der Waals surface area contributed by atoms with E-state index in [0.29, 0.717) is 34.5 Å². The van der Waals surface area contributed by atoms with Crippen molar-refractivity contribution in [3.8, 4) is 5.75 Å². The normalized spacial score (nSPS) is 13.1. The zero-order valence-corrected chi connectivity index (χ0v) is 24.7. The summed E-state index contributed by atoms with van der Waals surface area (Å²) >= 11 is 8.49. The van der Waals surface area contributed by atoms with Gasteiger partial charge in [-0.15, -0.1) is 23.1 Å². The number of aryl methyl sites for hydroxylation is 1. The van der Waals surface area contributed by atoms with E-state index in [1.807, 2.05) is 55.5 Å². The van der Waals surface area contributed by atoms with Crippen LogP contribution >= 0.6 is 35.3 Å². The molecule has 4 rings (SSSR count). The number of carbonyl (C=O) groups is 2. The first-order valence-corrected chi connectivity index (χ1v) is 15.1. The van der Waals surface area contributed by atoms with Gasteiger partial charge >= 0.3 is 5.97 Å². The summed E-state index contributed by atoms with van der Waals surface area (Å²) in [5.41, 5.74) is 3.14. The summed E-state index contributed by atoms with van der Waals surface area (Å²) in [5.74, 6) is 0.211. The van der Waals surface area contributed by atoms with E-state index in [2.05, 4.69) is 16.0 Å². The maximum Gasteiger partial charge on any atom is 0.341 e. The van der Waals surface area contributed by atoms with Crippen molar-refractivity contribution in [2.75, 3.05) is 29.7 Å². The molecule has 0 radical (unpaired) electrons. The van der Waals surface area contributed by atoms with E-state index >= 15 is 0 Å². The topological polar surface area (TPSA) is 88.7 Å². The van der Waals surface area contributed by atoms with Gasteiger partial charge in [0.2, 0.25) is 5.91 Å². The quantitative estimate of drug-likeness (QED) is 0.132. The first-order chi connectivity index (χ1) is 18.9. The molecule has 1 aromatic heterocycles. The second-order valence-electron chi connectivity index (χ2n) is 8.95. The molecule has 0 saturated heterocycles. The average molecular weight is 584 g/mol. The third kappa shape index (κ3) is 7.32. The number of fused-ring (bicyclic) bond motifs is 1. The molecule has 2 aromatic carbocycles. The van der Waals surface area contributed by atoms with Crippen LogP contribution < -0.4 is 20.7 Å². The van der Waals surface area contributed by atoms with E-state index in [4.69, 9.17) is 21.7 Å². The molecule has 3 N–H and O–H groups in total. The zero-order valence-electron chi connectivity index (χ0n) is 22.3. The number of nitrogens with one attached hydrogen (secondary N) is 3. The number of ether oxygens (including phenoxy) is 2. The molecular weight excluding hydrogens is 551 g/mol. The minimum atomic E-state index is -0.357. The Hall–Kier alpha value is -3.08. The van der Waals surface area contributed by atoms with Gasteiger partial charge in [-0.05, 0) is 87.1 Å². The van der Waals surface area contributed by atoms with Crippen LogP contribution in [0.4, 0.5) is 16.4 Å². The van der Waals surface area contributed by atoms with Crippen LogP contribution in [-0.2, 0) is 22.4 Å². The van der Waals surface area contributed by atoms with Crippen molar-refractivity contribution < 1.29 is 19.1 Å². The molecule has 0 saturated carbocycles.